The van der Waals surface area contributed by atoms with Gasteiger partial charge in [-0.05, 0) is 39.0 Å². The molecule has 20 heavy (non-hydrogen) atoms. The van der Waals surface area contributed by atoms with Crippen LogP contribution in [0.25, 0.3) is 0 Å². The summed E-state index contributed by atoms with van der Waals surface area (Å²) in [5, 5.41) is 7.56. The monoisotopic (exact) mass is 279 g/mol. The van der Waals surface area contributed by atoms with Gasteiger partial charge < -0.3 is 5.32 Å². The maximum absolute atomic E-state index is 13.7. The zero-order chi connectivity index (χ0) is 14.9. The number of benzene rings is 1. The molecule has 2 rings (SSSR count). The Morgan fingerprint density at radius 2 is 1.80 bits per heavy atom. The Kier molecular flexibility index (Phi) is 4.18. The maximum Gasteiger partial charge on any atom is 0.128 e. The third-order valence-corrected chi connectivity index (χ3v) is 3.44. The van der Waals surface area contributed by atoms with Gasteiger partial charge in [-0.15, -0.1) is 0 Å². The Labute approximate surface area is 117 Å². The molecule has 1 heterocycles. The van der Waals surface area contributed by atoms with E-state index in [1.807, 2.05) is 34.0 Å². The van der Waals surface area contributed by atoms with Crippen molar-refractivity contribution in [3.05, 3.63) is 52.9 Å². The lowest BCUT2D eigenvalue weighted by Crippen LogP contribution is -2.23. The van der Waals surface area contributed by atoms with Crippen molar-refractivity contribution in [2.75, 3.05) is 0 Å². The molecule has 1 aromatic heterocycles. The molecule has 0 saturated heterocycles. The quantitative estimate of drug-likeness (QED) is 0.929. The summed E-state index contributed by atoms with van der Waals surface area (Å²) in [6.07, 6.45) is 1.93. The summed E-state index contributed by atoms with van der Waals surface area (Å²) in [7, 11) is 1.86. The van der Waals surface area contributed by atoms with Crippen LogP contribution in [0, 0.1) is 18.6 Å². The molecule has 3 nitrogen and oxygen atoms in total. The standard InChI is InChI=1S/C15H19F2N3/c1-9(13-7-12(16)5-6-15(13)17)18-10(2)14-8-20(4)19-11(14)3/h5-10,18H,1-4H3. The number of aromatic nitrogens is 2. The van der Waals surface area contributed by atoms with Crippen LogP contribution in [-0.4, -0.2) is 9.78 Å². The second-order valence-electron chi connectivity index (χ2n) is 5.12. The predicted octanol–water partition coefficient (Wildman–Crippen LogP) is 3.42. The number of hydrogen-bond donors (Lipinski definition) is 1. The minimum Gasteiger partial charge on any atom is -0.303 e. The summed E-state index contributed by atoms with van der Waals surface area (Å²) >= 11 is 0. The van der Waals surface area contributed by atoms with Crippen LogP contribution in [0.3, 0.4) is 0 Å². The molecule has 0 spiro atoms. The molecule has 0 radical (unpaired) electrons. The first-order valence-electron chi connectivity index (χ1n) is 6.59. The topological polar surface area (TPSA) is 29.9 Å². The molecule has 2 atom stereocenters. The smallest absolute Gasteiger partial charge is 0.128 e. The van der Waals surface area contributed by atoms with Crippen molar-refractivity contribution in [3.8, 4) is 0 Å². The largest absolute Gasteiger partial charge is 0.303 e. The third kappa shape index (κ3) is 3.04. The fraction of sp³-hybridized carbons (Fsp3) is 0.400. The first-order chi connectivity index (χ1) is 9.38. The molecule has 1 aromatic carbocycles. The van der Waals surface area contributed by atoms with E-state index in [9.17, 15) is 8.78 Å². The number of hydrogen-bond acceptors (Lipinski definition) is 2. The van der Waals surface area contributed by atoms with Crippen molar-refractivity contribution in [1.82, 2.24) is 15.1 Å². The fourth-order valence-corrected chi connectivity index (χ4v) is 2.44. The molecule has 0 amide bonds. The SMILES string of the molecule is Cc1nn(C)cc1C(C)NC(C)c1cc(F)ccc1F. The van der Waals surface area contributed by atoms with Crippen LogP contribution in [0.4, 0.5) is 8.78 Å². The van der Waals surface area contributed by atoms with E-state index in [4.69, 9.17) is 0 Å². The summed E-state index contributed by atoms with van der Waals surface area (Å²) in [6, 6.07) is 3.22. The van der Waals surface area contributed by atoms with Gasteiger partial charge in [0, 0.05) is 36.5 Å². The first kappa shape index (κ1) is 14.7. The second kappa shape index (κ2) is 5.71. The number of nitrogens with zero attached hydrogens (tertiary/aromatic N) is 2. The zero-order valence-electron chi connectivity index (χ0n) is 12.1. The van der Waals surface area contributed by atoms with Crippen LogP contribution in [-0.2, 0) is 7.05 Å². The molecule has 0 aliphatic carbocycles. The van der Waals surface area contributed by atoms with E-state index in [0.29, 0.717) is 5.56 Å². The molecule has 2 unspecified atom stereocenters. The van der Waals surface area contributed by atoms with E-state index in [2.05, 4.69) is 10.4 Å². The minimum absolute atomic E-state index is 0.00127. The average molecular weight is 279 g/mol. The molecule has 0 saturated carbocycles. The summed E-state index contributed by atoms with van der Waals surface area (Å²) < 4.78 is 28.7. The Morgan fingerprint density at radius 3 is 2.40 bits per heavy atom. The Hall–Kier alpha value is -1.75. The normalized spacial score (nSPS) is 14.3. The van der Waals surface area contributed by atoms with Crippen molar-refractivity contribution < 1.29 is 8.78 Å². The Bertz CT molecular complexity index is 607. The first-order valence-corrected chi connectivity index (χ1v) is 6.59. The highest BCUT2D eigenvalue weighted by molar-refractivity contribution is 5.24. The number of halogens is 2. The minimum atomic E-state index is -0.430. The molecule has 0 bridgehead atoms. The lowest BCUT2D eigenvalue weighted by atomic mass is 10.0. The Balaban J connectivity index is 2.17. The molecule has 2 aromatic rings. The van der Waals surface area contributed by atoms with Gasteiger partial charge in [-0.2, -0.15) is 5.10 Å². The van der Waals surface area contributed by atoms with Gasteiger partial charge in [0.15, 0.2) is 0 Å². The van der Waals surface area contributed by atoms with Crippen LogP contribution in [0.2, 0.25) is 0 Å². The van der Waals surface area contributed by atoms with Gasteiger partial charge in [0.25, 0.3) is 0 Å². The Morgan fingerprint density at radius 1 is 1.15 bits per heavy atom. The van der Waals surface area contributed by atoms with Crippen molar-refractivity contribution >= 4 is 0 Å². The molecule has 108 valence electrons. The fourth-order valence-electron chi connectivity index (χ4n) is 2.44. The van der Waals surface area contributed by atoms with Crippen molar-refractivity contribution in [3.63, 3.8) is 0 Å². The summed E-state index contributed by atoms with van der Waals surface area (Å²) in [6.45, 7) is 5.73. The van der Waals surface area contributed by atoms with E-state index >= 15 is 0 Å². The van der Waals surface area contributed by atoms with Crippen LogP contribution in [0.1, 0.15) is 42.8 Å². The third-order valence-electron chi connectivity index (χ3n) is 3.44. The van der Waals surface area contributed by atoms with Crippen LogP contribution < -0.4 is 5.32 Å². The molecule has 5 heteroatoms. The van der Waals surface area contributed by atoms with Gasteiger partial charge in [-0.25, -0.2) is 8.78 Å². The van der Waals surface area contributed by atoms with Crippen molar-refractivity contribution in [1.29, 1.82) is 0 Å². The molecule has 1 N–H and O–H groups in total. The maximum atomic E-state index is 13.7. The van der Waals surface area contributed by atoms with Gasteiger partial charge in [0.1, 0.15) is 11.6 Å². The van der Waals surface area contributed by atoms with Gasteiger partial charge in [-0.3, -0.25) is 4.68 Å². The van der Waals surface area contributed by atoms with Crippen LogP contribution in [0.15, 0.2) is 24.4 Å². The molecule has 0 aliphatic heterocycles. The zero-order valence-corrected chi connectivity index (χ0v) is 12.1. The number of aryl methyl sites for hydroxylation is 2. The van der Waals surface area contributed by atoms with Gasteiger partial charge in [0.2, 0.25) is 0 Å². The molecule has 0 aliphatic rings. The highest BCUT2D eigenvalue weighted by atomic mass is 19.1. The second-order valence-corrected chi connectivity index (χ2v) is 5.12. The average Bonchev–Trinajstić information content (AvgIpc) is 2.71. The van der Waals surface area contributed by atoms with E-state index < -0.39 is 11.6 Å². The summed E-state index contributed by atoms with van der Waals surface area (Å²) in [5.74, 6) is -0.832. The van der Waals surface area contributed by atoms with E-state index in [-0.39, 0.29) is 12.1 Å². The van der Waals surface area contributed by atoms with E-state index in [0.717, 1.165) is 23.4 Å². The van der Waals surface area contributed by atoms with Gasteiger partial charge in [-0.1, -0.05) is 0 Å². The predicted molar refractivity (Wildman–Crippen MR) is 74.3 cm³/mol. The van der Waals surface area contributed by atoms with Crippen LogP contribution >= 0.6 is 0 Å². The summed E-state index contributed by atoms with van der Waals surface area (Å²) in [4.78, 5) is 0. The highest BCUT2D eigenvalue weighted by Gasteiger charge is 2.17. The van der Waals surface area contributed by atoms with E-state index in [1.54, 1.807) is 4.68 Å². The number of nitrogens with one attached hydrogen (secondary N) is 1. The lowest BCUT2D eigenvalue weighted by molar-refractivity contribution is 0.468. The molecular weight excluding hydrogens is 260 g/mol. The van der Waals surface area contributed by atoms with Crippen LogP contribution in [0.5, 0.6) is 0 Å². The lowest BCUT2D eigenvalue weighted by Gasteiger charge is -2.20. The van der Waals surface area contributed by atoms with Gasteiger partial charge in [0.05, 0.1) is 5.69 Å². The molecule has 0 fully saturated rings. The summed E-state index contributed by atoms with van der Waals surface area (Å²) in [5.41, 5.74) is 2.31. The van der Waals surface area contributed by atoms with Crippen molar-refractivity contribution in [2.24, 2.45) is 7.05 Å². The van der Waals surface area contributed by atoms with E-state index in [1.165, 1.54) is 6.07 Å². The number of rotatable bonds is 4. The highest BCUT2D eigenvalue weighted by Crippen LogP contribution is 2.23. The van der Waals surface area contributed by atoms with Gasteiger partial charge >= 0.3 is 0 Å². The van der Waals surface area contributed by atoms with Crippen molar-refractivity contribution in [2.45, 2.75) is 32.9 Å². The molecular formula is C15H19F2N3.